The summed E-state index contributed by atoms with van der Waals surface area (Å²) in [6.07, 6.45) is 2.01. The number of piperidine rings is 3. The zero-order valence-electron chi connectivity index (χ0n) is 14.2. The molecule has 0 spiro atoms. The van der Waals surface area contributed by atoms with Crippen LogP contribution in [0.3, 0.4) is 0 Å². The third-order valence-corrected chi connectivity index (χ3v) is 6.21. The van der Waals surface area contributed by atoms with Crippen LogP contribution in [-0.2, 0) is 4.74 Å². The highest BCUT2D eigenvalue weighted by Crippen LogP contribution is 2.34. The number of anilines is 1. The molecule has 0 radical (unpaired) electrons. The minimum atomic E-state index is -0.439. The molecular weight excluding hydrogens is 393 g/mol. The Morgan fingerprint density at radius 2 is 2.19 bits per heavy atom. The van der Waals surface area contributed by atoms with E-state index in [-0.39, 0.29) is 12.4 Å². The molecule has 3 aliphatic heterocycles. The van der Waals surface area contributed by atoms with Gasteiger partial charge in [0.25, 0.3) is 0 Å². The van der Waals surface area contributed by atoms with Gasteiger partial charge < -0.3 is 9.64 Å². The van der Waals surface area contributed by atoms with Crippen molar-refractivity contribution in [1.29, 1.82) is 0 Å². The van der Waals surface area contributed by atoms with Crippen LogP contribution >= 0.6 is 35.3 Å². The highest BCUT2D eigenvalue weighted by atomic mass is 35.5. The van der Waals surface area contributed by atoms with Crippen LogP contribution in [0.4, 0.5) is 10.6 Å². The van der Waals surface area contributed by atoms with Gasteiger partial charge in [-0.15, -0.1) is 23.7 Å². The smallest absolute Gasteiger partial charge is 0.412 e. The lowest BCUT2D eigenvalue weighted by molar-refractivity contribution is 0.0151. The Kier molecular flexibility index (Phi) is 6.40. The van der Waals surface area contributed by atoms with Crippen molar-refractivity contribution >= 4 is 47.3 Å². The summed E-state index contributed by atoms with van der Waals surface area (Å²) in [5.74, 6) is 1.67. The third kappa shape index (κ3) is 4.31. The number of fused-ring (bicyclic) bond motifs is 3. The Hall–Kier alpha value is -1.34. The molecule has 5 nitrogen and oxygen atoms in total. The highest BCUT2D eigenvalue weighted by Gasteiger charge is 2.34. The van der Waals surface area contributed by atoms with Crippen molar-refractivity contribution in [2.45, 2.75) is 12.8 Å². The number of benzene rings is 1. The third-order valence-electron chi connectivity index (χ3n) is 5.09. The van der Waals surface area contributed by atoms with E-state index in [1.165, 1.54) is 37.3 Å². The number of thiazole rings is 1. The quantitative estimate of drug-likeness (QED) is 0.783. The first-order valence-electron chi connectivity index (χ1n) is 8.54. The van der Waals surface area contributed by atoms with E-state index in [1.54, 1.807) is 5.51 Å². The van der Waals surface area contributed by atoms with Gasteiger partial charge in [-0.2, -0.15) is 0 Å². The molecule has 8 heteroatoms. The van der Waals surface area contributed by atoms with Crippen LogP contribution in [0.5, 0.6) is 0 Å². The van der Waals surface area contributed by atoms with Gasteiger partial charge in [0.1, 0.15) is 0 Å². The molecule has 140 valence electrons. The number of rotatable bonds is 4. The first-order valence-corrected chi connectivity index (χ1v) is 9.80. The SMILES string of the molecule is Cl.O=C(Nc1ncsc1-c1cccc(Cl)c1)OCC1CN2CCC1CC2. The fourth-order valence-corrected chi connectivity index (χ4v) is 4.69. The van der Waals surface area contributed by atoms with Crippen LogP contribution in [0.15, 0.2) is 29.8 Å². The second-order valence-electron chi connectivity index (χ2n) is 6.66. The van der Waals surface area contributed by atoms with E-state index in [2.05, 4.69) is 15.2 Å². The maximum Gasteiger partial charge on any atom is 0.412 e. The van der Waals surface area contributed by atoms with Crippen molar-refractivity contribution in [3.8, 4) is 10.4 Å². The van der Waals surface area contributed by atoms with Gasteiger partial charge in [-0.05, 0) is 49.5 Å². The summed E-state index contributed by atoms with van der Waals surface area (Å²) in [6, 6.07) is 7.51. The van der Waals surface area contributed by atoms with Gasteiger partial charge in [0.05, 0.1) is 17.0 Å². The maximum absolute atomic E-state index is 12.2. The number of hydrogen-bond donors (Lipinski definition) is 1. The van der Waals surface area contributed by atoms with Crippen molar-refractivity contribution in [3.63, 3.8) is 0 Å². The van der Waals surface area contributed by atoms with Gasteiger partial charge in [0.15, 0.2) is 5.82 Å². The zero-order chi connectivity index (χ0) is 17.2. The molecule has 26 heavy (non-hydrogen) atoms. The van der Waals surface area contributed by atoms with Gasteiger partial charge in [0, 0.05) is 17.5 Å². The molecule has 2 aromatic rings. The molecule has 3 aliphatic rings. The second-order valence-corrected chi connectivity index (χ2v) is 7.95. The Labute approximate surface area is 168 Å². The molecule has 0 saturated carbocycles. The predicted octanol–water partition coefficient (Wildman–Crippen LogP) is 4.78. The highest BCUT2D eigenvalue weighted by molar-refractivity contribution is 7.13. The van der Waals surface area contributed by atoms with Crippen LogP contribution in [0.1, 0.15) is 12.8 Å². The monoisotopic (exact) mass is 413 g/mol. The summed E-state index contributed by atoms with van der Waals surface area (Å²) >= 11 is 7.52. The summed E-state index contributed by atoms with van der Waals surface area (Å²) in [4.78, 5) is 19.8. The van der Waals surface area contributed by atoms with Gasteiger partial charge in [-0.25, -0.2) is 9.78 Å². The summed E-state index contributed by atoms with van der Waals surface area (Å²) in [5, 5.41) is 3.43. The number of nitrogens with one attached hydrogen (secondary N) is 1. The van der Waals surface area contributed by atoms with Crippen LogP contribution in [0, 0.1) is 11.8 Å². The maximum atomic E-state index is 12.2. The lowest BCUT2D eigenvalue weighted by Crippen LogP contribution is -2.49. The minimum absolute atomic E-state index is 0. The summed E-state index contributed by atoms with van der Waals surface area (Å²) in [7, 11) is 0. The van der Waals surface area contributed by atoms with E-state index in [1.807, 2.05) is 24.3 Å². The lowest BCUT2D eigenvalue weighted by atomic mass is 9.79. The number of amides is 1. The van der Waals surface area contributed by atoms with Crippen LogP contribution in [-0.4, -0.2) is 42.2 Å². The number of carbonyl (C=O) groups is 1. The molecule has 1 aromatic heterocycles. The summed E-state index contributed by atoms with van der Waals surface area (Å²) < 4.78 is 5.48. The van der Waals surface area contributed by atoms with Crippen molar-refractivity contribution in [2.24, 2.45) is 11.8 Å². The molecule has 5 rings (SSSR count). The molecule has 4 heterocycles. The average molecular weight is 414 g/mol. The van der Waals surface area contributed by atoms with E-state index in [0.29, 0.717) is 29.3 Å². The van der Waals surface area contributed by atoms with Crippen molar-refractivity contribution in [3.05, 3.63) is 34.8 Å². The lowest BCUT2D eigenvalue weighted by Gasteiger charge is -2.44. The molecule has 3 fully saturated rings. The predicted molar refractivity (Wildman–Crippen MR) is 107 cm³/mol. The van der Waals surface area contributed by atoms with Gasteiger partial charge >= 0.3 is 6.09 Å². The van der Waals surface area contributed by atoms with Crippen molar-refractivity contribution in [1.82, 2.24) is 9.88 Å². The molecule has 1 atom stereocenters. The standard InChI is InChI=1S/C18H20ClN3O2S.ClH/c19-15-3-1-2-13(8-15)16-17(20-11-25-16)21-18(23)24-10-14-9-22-6-4-12(14)5-7-22;/h1-3,8,11-12,14H,4-7,9-10H2,(H,21,23);1H. The number of aromatic nitrogens is 1. The Balaban J connectivity index is 0.00000196. The summed E-state index contributed by atoms with van der Waals surface area (Å²) in [6.45, 7) is 3.90. The molecule has 1 unspecified atom stereocenters. The largest absolute Gasteiger partial charge is 0.449 e. The topological polar surface area (TPSA) is 54.5 Å². The van der Waals surface area contributed by atoms with Crippen LogP contribution in [0.25, 0.3) is 10.4 Å². The van der Waals surface area contributed by atoms with Gasteiger partial charge in [-0.1, -0.05) is 23.7 Å². The molecule has 3 saturated heterocycles. The average Bonchev–Trinajstić information content (AvgIpc) is 3.09. The Morgan fingerprint density at radius 3 is 2.88 bits per heavy atom. The first kappa shape index (κ1) is 19.4. The molecular formula is C18H21Cl2N3O2S. The van der Waals surface area contributed by atoms with Crippen LogP contribution < -0.4 is 5.32 Å². The zero-order valence-corrected chi connectivity index (χ0v) is 16.6. The van der Waals surface area contributed by atoms with E-state index >= 15 is 0 Å². The second kappa shape index (κ2) is 8.57. The Morgan fingerprint density at radius 1 is 1.38 bits per heavy atom. The summed E-state index contributed by atoms with van der Waals surface area (Å²) in [5.41, 5.74) is 2.64. The normalized spacial score (nSPS) is 24.0. The minimum Gasteiger partial charge on any atom is -0.449 e. The molecule has 1 N–H and O–H groups in total. The van der Waals surface area contributed by atoms with Gasteiger partial charge in [0.2, 0.25) is 0 Å². The molecule has 2 bridgehead atoms. The van der Waals surface area contributed by atoms with Crippen molar-refractivity contribution in [2.75, 3.05) is 31.6 Å². The number of hydrogen-bond acceptors (Lipinski definition) is 5. The fourth-order valence-electron chi connectivity index (χ4n) is 3.76. The number of ether oxygens (including phenoxy) is 1. The van der Waals surface area contributed by atoms with E-state index in [4.69, 9.17) is 16.3 Å². The van der Waals surface area contributed by atoms with Crippen LogP contribution in [0.2, 0.25) is 5.02 Å². The number of halogens is 2. The molecule has 1 aromatic carbocycles. The first-order chi connectivity index (χ1) is 12.2. The molecule has 0 aliphatic carbocycles. The van der Waals surface area contributed by atoms with Gasteiger partial charge in [-0.3, -0.25) is 5.32 Å². The van der Waals surface area contributed by atoms with Crippen molar-refractivity contribution < 1.29 is 9.53 Å². The van der Waals surface area contributed by atoms with E-state index in [9.17, 15) is 4.79 Å². The van der Waals surface area contributed by atoms with E-state index < -0.39 is 6.09 Å². The number of carbonyl (C=O) groups excluding carboxylic acids is 1. The number of nitrogens with zero attached hydrogens (tertiary/aromatic N) is 2. The fraction of sp³-hybridized carbons (Fsp3) is 0.444. The Bertz CT molecular complexity index is 762. The molecule has 1 amide bonds. The van der Waals surface area contributed by atoms with E-state index in [0.717, 1.165) is 17.0 Å².